The van der Waals surface area contributed by atoms with E-state index in [0.717, 1.165) is 12.1 Å². The zero-order valence-electron chi connectivity index (χ0n) is 13.8. The Morgan fingerprint density at radius 1 is 1.23 bits per heavy atom. The zero-order chi connectivity index (χ0) is 19.5. The number of rotatable bonds is 5. The number of nitrogens with zero attached hydrogens (tertiary/aromatic N) is 1. The summed E-state index contributed by atoms with van der Waals surface area (Å²) in [6.07, 6.45) is -5.72. The largest absolute Gasteiger partial charge is 0.481 e. The van der Waals surface area contributed by atoms with Gasteiger partial charge in [-0.05, 0) is 38.1 Å². The lowest BCUT2D eigenvalue weighted by Gasteiger charge is -2.17. The number of para-hydroxylation sites is 1. The number of nitro benzene ring substituents is 1. The maximum Gasteiger partial charge on any atom is 0.418 e. The van der Waals surface area contributed by atoms with Crippen LogP contribution in [0.25, 0.3) is 0 Å². The van der Waals surface area contributed by atoms with Gasteiger partial charge in [0.05, 0.1) is 16.2 Å². The lowest BCUT2D eigenvalue weighted by molar-refractivity contribution is -0.385. The van der Waals surface area contributed by atoms with Gasteiger partial charge in [-0.3, -0.25) is 14.9 Å². The van der Waals surface area contributed by atoms with Gasteiger partial charge in [-0.1, -0.05) is 12.1 Å². The molecule has 0 saturated heterocycles. The van der Waals surface area contributed by atoms with Crippen LogP contribution < -0.4 is 10.1 Å². The lowest BCUT2D eigenvalue weighted by atomic mass is 10.1. The Morgan fingerprint density at radius 2 is 1.88 bits per heavy atom. The van der Waals surface area contributed by atoms with E-state index in [0.29, 0.717) is 5.56 Å². The number of alkyl halides is 3. The molecule has 2 rings (SSSR count). The summed E-state index contributed by atoms with van der Waals surface area (Å²) in [4.78, 5) is 22.4. The number of nitrogens with one attached hydrogen (secondary N) is 1. The third kappa shape index (κ3) is 4.50. The number of nitro groups is 1. The van der Waals surface area contributed by atoms with Gasteiger partial charge in [-0.2, -0.15) is 13.2 Å². The summed E-state index contributed by atoms with van der Waals surface area (Å²) in [5.41, 5.74) is -1.11. The highest BCUT2D eigenvalue weighted by Crippen LogP contribution is 2.34. The molecule has 0 bridgehead atoms. The van der Waals surface area contributed by atoms with Crippen molar-refractivity contribution in [2.75, 3.05) is 5.32 Å². The number of ether oxygens (including phenoxy) is 1. The van der Waals surface area contributed by atoms with Crippen molar-refractivity contribution in [2.24, 2.45) is 0 Å². The Kier molecular flexibility index (Phi) is 5.49. The maximum absolute atomic E-state index is 13.0. The third-order valence-corrected chi connectivity index (χ3v) is 3.54. The maximum atomic E-state index is 13.0. The summed E-state index contributed by atoms with van der Waals surface area (Å²) in [6, 6.07) is 8.52. The number of carbonyl (C=O) groups excluding carboxylic acids is 1. The van der Waals surface area contributed by atoms with E-state index in [4.69, 9.17) is 4.74 Å². The summed E-state index contributed by atoms with van der Waals surface area (Å²) in [5, 5.41) is 13.0. The molecule has 138 valence electrons. The van der Waals surface area contributed by atoms with Gasteiger partial charge in [0.15, 0.2) is 6.10 Å². The van der Waals surface area contributed by atoms with Crippen LogP contribution in [0.15, 0.2) is 42.5 Å². The molecule has 6 nitrogen and oxygen atoms in total. The molecule has 0 heterocycles. The van der Waals surface area contributed by atoms with E-state index in [1.165, 1.54) is 44.2 Å². The highest BCUT2D eigenvalue weighted by atomic mass is 19.4. The number of amides is 1. The Bertz CT molecular complexity index is 837. The SMILES string of the molecule is Cc1cc(O[C@@H](C)C(=O)Nc2ccccc2C(F)(F)F)ccc1[N+](=O)[O-]. The minimum Gasteiger partial charge on any atom is -0.481 e. The molecule has 0 aliphatic heterocycles. The highest BCUT2D eigenvalue weighted by molar-refractivity contribution is 5.94. The fourth-order valence-corrected chi connectivity index (χ4v) is 2.24. The Morgan fingerprint density at radius 3 is 2.46 bits per heavy atom. The molecule has 0 saturated carbocycles. The van der Waals surface area contributed by atoms with Crippen molar-refractivity contribution in [3.8, 4) is 5.75 Å². The average molecular weight is 368 g/mol. The number of halogens is 3. The molecule has 2 aromatic rings. The monoisotopic (exact) mass is 368 g/mol. The quantitative estimate of drug-likeness (QED) is 0.629. The number of carbonyl (C=O) groups is 1. The predicted octanol–water partition coefficient (Wildman–Crippen LogP) is 4.33. The first kappa shape index (κ1) is 19.2. The number of anilines is 1. The molecule has 1 atom stereocenters. The second-order valence-corrected chi connectivity index (χ2v) is 5.50. The second kappa shape index (κ2) is 7.42. The topological polar surface area (TPSA) is 81.5 Å². The van der Waals surface area contributed by atoms with Crippen molar-refractivity contribution < 1.29 is 27.6 Å². The van der Waals surface area contributed by atoms with Crippen LogP contribution in [0.3, 0.4) is 0 Å². The Balaban J connectivity index is 2.12. The van der Waals surface area contributed by atoms with Crippen molar-refractivity contribution in [1.82, 2.24) is 0 Å². The fraction of sp³-hybridized carbons (Fsp3) is 0.235. The molecule has 1 N–H and O–H groups in total. The Hall–Kier alpha value is -3.10. The van der Waals surface area contributed by atoms with Gasteiger partial charge in [-0.25, -0.2) is 0 Å². The molecule has 0 radical (unpaired) electrons. The molecule has 0 spiro atoms. The van der Waals surface area contributed by atoms with Crippen LogP contribution in [0.1, 0.15) is 18.1 Å². The van der Waals surface area contributed by atoms with Crippen molar-refractivity contribution in [1.29, 1.82) is 0 Å². The molecule has 0 unspecified atom stereocenters. The van der Waals surface area contributed by atoms with E-state index in [1.54, 1.807) is 0 Å². The van der Waals surface area contributed by atoms with Crippen molar-refractivity contribution in [2.45, 2.75) is 26.1 Å². The molecule has 9 heteroatoms. The van der Waals surface area contributed by atoms with Crippen LogP contribution in [0, 0.1) is 17.0 Å². The summed E-state index contributed by atoms with van der Waals surface area (Å²) in [5.74, 6) is -0.586. The van der Waals surface area contributed by atoms with Gasteiger partial charge in [0.2, 0.25) is 0 Å². The van der Waals surface area contributed by atoms with E-state index in [-0.39, 0.29) is 17.1 Å². The van der Waals surface area contributed by atoms with Crippen molar-refractivity contribution in [3.05, 3.63) is 63.7 Å². The lowest BCUT2D eigenvalue weighted by Crippen LogP contribution is -2.31. The molecule has 2 aromatic carbocycles. The number of aryl methyl sites for hydroxylation is 1. The minimum absolute atomic E-state index is 0.103. The molecular formula is C17H15F3N2O4. The second-order valence-electron chi connectivity index (χ2n) is 5.50. The molecule has 1 amide bonds. The van der Waals surface area contributed by atoms with Gasteiger partial charge in [0, 0.05) is 11.6 Å². The summed E-state index contributed by atoms with van der Waals surface area (Å²) >= 11 is 0. The first-order valence-electron chi connectivity index (χ1n) is 7.48. The van der Waals surface area contributed by atoms with E-state index in [9.17, 15) is 28.1 Å². The minimum atomic E-state index is -4.61. The summed E-state index contributed by atoms with van der Waals surface area (Å²) in [6.45, 7) is 2.87. The number of hydrogen-bond donors (Lipinski definition) is 1. The first-order valence-corrected chi connectivity index (χ1v) is 7.48. The van der Waals surface area contributed by atoms with E-state index >= 15 is 0 Å². The molecule has 0 aromatic heterocycles. The fourth-order valence-electron chi connectivity index (χ4n) is 2.24. The van der Waals surface area contributed by atoms with Crippen LogP contribution >= 0.6 is 0 Å². The zero-order valence-corrected chi connectivity index (χ0v) is 13.8. The molecule has 26 heavy (non-hydrogen) atoms. The summed E-state index contributed by atoms with van der Waals surface area (Å²) < 4.78 is 44.2. The third-order valence-electron chi connectivity index (χ3n) is 3.54. The van der Waals surface area contributed by atoms with E-state index in [2.05, 4.69) is 5.32 Å². The predicted molar refractivity (Wildman–Crippen MR) is 88.0 cm³/mol. The van der Waals surface area contributed by atoms with Crippen LogP contribution in [0.2, 0.25) is 0 Å². The standard InChI is InChI=1S/C17H15F3N2O4/c1-10-9-12(7-8-15(10)22(24)25)26-11(2)16(23)21-14-6-4-3-5-13(14)17(18,19)20/h3-9,11H,1-2H3,(H,21,23)/t11-/m0/s1. The van der Waals surface area contributed by atoms with Gasteiger partial charge in [0.25, 0.3) is 11.6 Å². The van der Waals surface area contributed by atoms with Crippen LogP contribution in [-0.4, -0.2) is 16.9 Å². The van der Waals surface area contributed by atoms with Crippen LogP contribution in [-0.2, 0) is 11.0 Å². The first-order chi connectivity index (χ1) is 12.1. The number of benzene rings is 2. The van der Waals surface area contributed by atoms with Gasteiger partial charge in [-0.15, -0.1) is 0 Å². The van der Waals surface area contributed by atoms with E-state index in [1.807, 2.05) is 0 Å². The normalized spacial score (nSPS) is 12.3. The van der Waals surface area contributed by atoms with Crippen molar-refractivity contribution in [3.63, 3.8) is 0 Å². The van der Waals surface area contributed by atoms with Gasteiger partial charge >= 0.3 is 6.18 Å². The average Bonchev–Trinajstić information content (AvgIpc) is 2.54. The van der Waals surface area contributed by atoms with Crippen LogP contribution in [0.5, 0.6) is 5.75 Å². The smallest absolute Gasteiger partial charge is 0.418 e. The van der Waals surface area contributed by atoms with Crippen molar-refractivity contribution >= 4 is 17.3 Å². The highest BCUT2D eigenvalue weighted by Gasteiger charge is 2.34. The molecule has 0 aliphatic carbocycles. The summed E-state index contributed by atoms with van der Waals surface area (Å²) in [7, 11) is 0. The Labute approximate surface area is 146 Å². The molecule has 0 fully saturated rings. The van der Waals surface area contributed by atoms with Gasteiger partial charge < -0.3 is 10.1 Å². The van der Waals surface area contributed by atoms with Gasteiger partial charge in [0.1, 0.15) is 5.75 Å². The number of hydrogen-bond acceptors (Lipinski definition) is 4. The molecular weight excluding hydrogens is 353 g/mol. The molecule has 0 aliphatic rings. The van der Waals surface area contributed by atoms with Crippen LogP contribution in [0.4, 0.5) is 24.5 Å². The van der Waals surface area contributed by atoms with E-state index < -0.39 is 28.7 Å².